The maximum Gasteiger partial charge on any atom is 0.165 e. The molecule has 1 N–H and O–H groups in total. The Bertz CT molecular complexity index is 432. The first-order chi connectivity index (χ1) is 7.21. The van der Waals surface area contributed by atoms with E-state index in [4.69, 9.17) is 15.0 Å². The lowest BCUT2D eigenvalue weighted by atomic mass is 10.2. The Balaban J connectivity index is 2.92. The number of hydrogen-bond acceptors (Lipinski definition) is 5. The summed E-state index contributed by atoms with van der Waals surface area (Å²) in [6.07, 6.45) is 1.11. The molecule has 0 saturated carbocycles. The SMILES string of the molecule is CCC(O)c1cc(C=C(C#N)C#N)no1. The molecule has 0 aliphatic carbocycles. The third kappa shape index (κ3) is 2.67. The van der Waals surface area contributed by atoms with Crippen LogP contribution in [0.3, 0.4) is 0 Å². The van der Waals surface area contributed by atoms with Crippen molar-refractivity contribution in [3.05, 3.63) is 23.1 Å². The van der Waals surface area contributed by atoms with Crippen LogP contribution in [0.5, 0.6) is 0 Å². The third-order valence-electron chi connectivity index (χ3n) is 1.79. The number of aliphatic hydroxyl groups excluding tert-OH is 1. The molecule has 1 aromatic heterocycles. The topological polar surface area (TPSA) is 93.8 Å². The van der Waals surface area contributed by atoms with Gasteiger partial charge in [-0.05, 0) is 12.5 Å². The number of hydrogen-bond donors (Lipinski definition) is 1. The average molecular weight is 203 g/mol. The summed E-state index contributed by atoms with van der Waals surface area (Å²) >= 11 is 0. The Morgan fingerprint density at radius 2 is 2.33 bits per heavy atom. The fraction of sp³-hybridized carbons (Fsp3) is 0.300. The molecule has 1 rings (SSSR count). The molecule has 0 amide bonds. The highest BCUT2D eigenvalue weighted by molar-refractivity contribution is 5.59. The number of allylic oxidation sites excluding steroid dienone is 1. The van der Waals surface area contributed by atoms with Gasteiger partial charge in [0.25, 0.3) is 0 Å². The fourth-order valence-corrected chi connectivity index (χ4v) is 0.968. The highest BCUT2D eigenvalue weighted by atomic mass is 16.5. The van der Waals surface area contributed by atoms with E-state index >= 15 is 0 Å². The van der Waals surface area contributed by atoms with Gasteiger partial charge in [0.1, 0.15) is 29.5 Å². The molecule has 1 unspecified atom stereocenters. The van der Waals surface area contributed by atoms with Gasteiger partial charge >= 0.3 is 0 Å². The Morgan fingerprint density at radius 3 is 2.87 bits per heavy atom. The molecule has 0 saturated heterocycles. The highest BCUT2D eigenvalue weighted by Crippen LogP contribution is 2.18. The van der Waals surface area contributed by atoms with Crippen molar-refractivity contribution in [1.82, 2.24) is 5.16 Å². The summed E-state index contributed by atoms with van der Waals surface area (Å²) in [4.78, 5) is 0. The lowest BCUT2D eigenvalue weighted by Crippen LogP contribution is -1.91. The summed E-state index contributed by atoms with van der Waals surface area (Å²) < 4.78 is 4.84. The number of nitriles is 2. The van der Waals surface area contributed by atoms with Crippen LogP contribution in [0, 0.1) is 22.7 Å². The van der Waals surface area contributed by atoms with Crippen LogP contribution in [0.25, 0.3) is 6.08 Å². The normalized spacial score (nSPS) is 11.2. The van der Waals surface area contributed by atoms with Gasteiger partial charge < -0.3 is 9.63 Å². The lowest BCUT2D eigenvalue weighted by molar-refractivity contribution is 0.136. The van der Waals surface area contributed by atoms with Gasteiger partial charge in [-0.15, -0.1) is 0 Å². The number of aromatic nitrogens is 1. The molecule has 0 bridgehead atoms. The van der Waals surface area contributed by atoms with Crippen molar-refractivity contribution in [2.45, 2.75) is 19.4 Å². The van der Waals surface area contributed by atoms with E-state index < -0.39 is 6.10 Å². The zero-order valence-electron chi connectivity index (χ0n) is 8.14. The number of rotatable bonds is 3. The minimum atomic E-state index is -0.702. The van der Waals surface area contributed by atoms with Crippen LogP contribution in [0.2, 0.25) is 0 Å². The van der Waals surface area contributed by atoms with Crippen molar-refractivity contribution in [2.24, 2.45) is 0 Å². The quantitative estimate of drug-likeness (QED) is 0.752. The van der Waals surface area contributed by atoms with Gasteiger partial charge in [0.15, 0.2) is 5.76 Å². The van der Waals surface area contributed by atoms with E-state index in [9.17, 15) is 5.11 Å². The zero-order chi connectivity index (χ0) is 11.3. The minimum absolute atomic E-state index is 0.0548. The van der Waals surface area contributed by atoms with E-state index in [2.05, 4.69) is 5.16 Å². The first kappa shape index (κ1) is 11.0. The van der Waals surface area contributed by atoms with Crippen LogP contribution in [-0.4, -0.2) is 10.3 Å². The first-order valence-corrected chi connectivity index (χ1v) is 4.37. The van der Waals surface area contributed by atoms with Gasteiger partial charge in [-0.2, -0.15) is 10.5 Å². The van der Waals surface area contributed by atoms with Gasteiger partial charge in [-0.1, -0.05) is 12.1 Å². The van der Waals surface area contributed by atoms with Crippen molar-refractivity contribution in [3.63, 3.8) is 0 Å². The minimum Gasteiger partial charge on any atom is -0.385 e. The van der Waals surface area contributed by atoms with Gasteiger partial charge in [0.2, 0.25) is 0 Å². The molecule has 0 spiro atoms. The van der Waals surface area contributed by atoms with Crippen LogP contribution in [0.1, 0.15) is 30.9 Å². The molecule has 1 heterocycles. The lowest BCUT2D eigenvalue weighted by Gasteiger charge is -1.98. The molecule has 0 aliphatic rings. The molecule has 1 atom stereocenters. The molecule has 5 nitrogen and oxygen atoms in total. The molecule has 0 aliphatic heterocycles. The van der Waals surface area contributed by atoms with Crippen molar-refractivity contribution < 1.29 is 9.63 Å². The molecular formula is C10H9N3O2. The smallest absolute Gasteiger partial charge is 0.165 e. The van der Waals surface area contributed by atoms with Gasteiger partial charge in [-0.25, -0.2) is 0 Å². The van der Waals surface area contributed by atoms with E-state index in [1.54, 1.807) is 19.1 Å². The Hall–Kier alpha value is -2.11. The summed E-state index contributed by atoms with van der Waals surface area (Å²) in [5, 5.41) is 30.0. The van der Waals surface area contributed by atoms with E-state index in [1.165, 1.54) is 12.1 Å². The van der Waals surface area contributed by atoms with Crippen molar-refractivity contribution in [3.8, 4) is 12.1 Å². The maximum absolute atomic E-state index is 9.41. The molecule has 5 heteroatoms. The monoisotopic (exact) mass is 203 g/mol. The third-order valence-corrected chi connectivity index (χ3v) is 1.79. The fourth-order valence-electron chi connectivity index (χ4n) is 0.968. The predicted molar refractivity (Wildman–Crippen MR) is 51.0 cm³/mol. The summed E-state index contributed by atoms with van der Waals surface area (Å²) in [5.74, 6) is 0.332. The largest absolute Gasteiger partial charge is 0.385 e. The molecule has 15 heavy (non-hydrogen) atoms. The maximum atomic E-state index is 9.41. The van der Waals surface area contributed by atoms with E-state index in [1.807, 2.05) is 0 Å². The summed E-state index contributed by atoms with van der Waals surface area (Å²) in [7, 11) is 0. The molecule has 0 radical (unpaired) electrons. The second kappa shape index (κ2) is 4.94. The highest BCUT2D eigenvalue weighted by Gasteiger charge is 2.11. The van der Waals surface area contributed by atoms with Crippen molar-refractivity contribution >= 4 is 6.08 Å². The van der Waals surface area contributed by atoms with E-state index in [0.29, 0.717) is 17.9 Å². The van der Waals surface area contributed by atoms with Crippen LogP contribution in [0.15, 0.2) is 16.2 Å². The average Bonchev–Trinajstić information content (AvgIpc) is 2.73. The van der Waals surface area contributed by atoms with Gasteiger partial charge in [0.05, 0.1) is 0 Å². The summed E-state index contributed by atoms with van der Waals surface area (Å²) in [5.41, 5.74) is 0.302. The van der Waals surface area contributed by atoms with Gasteiger partial charge in [-0.3, -0.25) is 0 Å². The number of aliphatic hydroxyl groups is 1. The first-order valence-electron chi connectivity index (χ1n) is 4.37. The molecule has 76 valence electrons. The Kier molecular flexibility index (Phi) is 3.61. The van der Waals surface area contributed by atoms with Crippen LogP contribution in [-0.2, 0) is 0 Å². The predicted octanol–water partition coefficient (Wildman–Crippen LogP) is 1.55. The second-order valence-electron chi connectivity index (χ2n) is 2.86. The van der Waals surface area contributed by atoms with Crippen molar-refractivity contribution in [1.29, 1.82) is 10.5 Å². The van der Waals surface area contributed by atoms with Crippen LogP contribution in [0.4, 0.5) is 0 Å². The Labute approximate surface area is 86.8 Å². The van der Waals surface area contributed by atoms with Crippen LogP contribution < -0.4 is 0 Å². The Morgan fingerprint density at radius 1 is 1.67 bits per heavy atom. The van der Waals surface area contributed by atoms with Gasteiger partial charge in [0, 0.05) is 6.07 Å². The molecular weight excluding hydrogens is 194 g/mol. The summed E-state index contributed by atoms with van der Waals surface area (Å²) in [6.45, 7) is 1.80. The summed E-state index contributed by atoms with van der Waals surface area (Å²) in [6, 6.07) is 4.92. The van der Waals surface area contributed by atoms with Crippen molar-refractivity contribution in [2.75, 3.05) is 0 Å². The zero-order valence-corrected chi connectivity index (χ0v) is 8.14. The van der Waals surface area contributed by atoms with E-state index in [-0.39, 0.29) is 5.57 Å². The second-order valence-corrected chi connectivity index (χ2v) is 2.86. The molecule has 1 aromatic rings. The molecule has 0 aromatic carbocycles. The number of nitrogens with zero attached hydrogens (tertiary/aromatic N) is 3. The standard InChI is InChI=1S/C10H9N3O2/c1-2-9(14)10-4-8(13-15-10)3-7(5-11)6-12/h3-4,9,14H,2H2,1H3. The van der Waals surface area contributed by atoms with E-state index in [0.717, 1.165) is 0 Å². The van der Waals surface area contributed by atoms with Crippen LogP contribution >= 0.6 is 0 Å². The molecule has 0 fully saturated rings.